The molecule has 0 aliphatic heterocycles. The van der Waals surface area contributed by atoms with E-state index in [0.29, 0.717) is 6.61 Å². The molecule has 1 aromatic carbocycles. The first-order chi connectivity index (χ1) is 9.22. The van der Waals surface area contributed by atoms with E-state index < -0.39 is 0 Å². The second-order valence-electron chi connectivity index (χ2n) is 3.85. The monoisotopic (exact) mass is 261 g/mol. The molecule has 19 heavy (non-hydrogen) atoms. The molecule has 0 spiro atoms. The minimum absolute atomic E-state index is 0.179. The Hall–Kier alpha value is -2.43. The van der Waals surface area contributed by atoms with E-state index in [2.05, 4.69) is 0 Å². The number of hydrogen-bond donors (Lipinski definition) is 0. The van der Waals surface area contributed by atoms with Crippen LogP contribution in [0, 0.1) is 0 Å². The molecule has 1 heterocycles. The number of pyridine rings is 1. The summed E-state index contributed by atoms with van der Waals surface area (Å²) in [5.74, 6) is 1.03. The summed E-state index contributed by atoms with van der Waals surface area (Å²) in [5, 5.41) is 0. The first-order valence-electron chi connectivity index (χ1n) is 5.75. The van der Waals surface area contributed by atoms with E-state index in [0.717, 1.165) is 11.3 Å². The van der Waals surface area contributed by atoms with Crippen LogP contribution < -0.4 is 19.7 Å². The molecule has 100 valence electrons. The summed E-state index contributed by atoms with van der Waals surface area (Å²) in [5.41, 5.74) is 0.773. The van der Waals surface area contributed by atoms with Crippen LogP contribution in [0.5, 0.6) is 11.5 Å². The van der Waals surface area contributed by atoms with Gasteiger partial charge < -0.3 is 14.3 Å². The van der Waals surface area contributed by atoms with Crippen molar-refractivity contribution in [1.82, 2.24) is 4.73 Å². The zero-order valence-corrected chi connectivity index (χ0v) is 10.8. The van der Waals surface area contributed by atoms with E-state index in [4.69, 9.17) is 14.3 Å². The van der Waals surface area contributed by atoms with Crippen LogP contribution in [0.15, 0.2) is 47.5 Å². The second kappa shape index (κ2) is 5.95. The van der Waals surface area contributed by atoms with Gasteiger partial charge in [-0.05, 0) is 17.7 Å². The first-order valence-corrected chi connectivity index (χ1v) is 5.75. The normalized spacial score (nSPS) is 10.0. The molecule has 0 unspecified atom stereocenters. The average molecular weight is 261 g/mol. The van der Waals surface area contributed by atoms with Crippen LogP contribution >= 0.6 is 0 Å². The molecule has 0 saturated heterocycles. The Labute approximate surface area is 110 Å². The summed E-state index contributed by atoms with van der Waals surface area (Å²) in [4.78, 5) is 16.6. The maximum atomic E-state index is 11.6. The summed E-state index contributed by atoms with van der Waals surface area (Å²) in [6.45, 7) is 0.312. The quantitative estimate of drug-likeness (QED) is 0.818. The van der Waals surface area contributed by atoms with E-state index >= 15 is 0 Å². The topological polar surface area (TPSA) is 49.7 Å². The van der Waals surface area contributed by atoms with Crippen LogP contribution in [0.4, 0.5) is 0 Å². The Bertz CT molecular complexity index is 589. The van der Waals surface area contributed by atoms with Gasteiger partial charge in [0, 0.05) is 12.3 Å². The molecule has 0 fully saturated rings. The molecular weight excluding hydrogens is 246 g/mol. The van der Waals surface area contributed by atoms with E-state index in [-0.39, 0.29) is 11.2 Å². The van der Waals surface area contributed by atoms with Gasteiger partial charge >= 0.3 is 0 Å². The zero-order chi connectivity index (χ0) is 13.7. The van der Waals surface area contributed by atoms with Crippen molar-refractivity contribution in [2.45, 2.75) is 6.61 Å². The third-order valence-corrected chi connectivity index (χ3v) is 2.62. The smallest absolute Gasteiger partial charge is 0.223 e. The van der Waals surface area contributed by atoms with Crippen LogP contribution in [0.3, 0.4) is 0 Å². The number of nitrogens with zero attached hydrogens (tertiary/aromatic N) is 1. The van der Waals surface area contributed by atoms with Gasteiger partial charge in [0.1, 0.15) is 19.5 Å². The van der Waals surface area contributed by atoms with Crippen molar-refractivity contribution in [2.24, 2.45) is 0 Å². The summed E-state index contributed by atoms with van der Waals surface area (Å²) < 4.78 is 12.0. The van der Waals surface area contributed by atoms with E-state index in [1.165, 1.54) is 30.3 Å². The summed E-state index contributed by atoms with van der Waals surface area (Å²) in [6, 6.07) is 8.86. The van der Waals surface area contributed by atoms with Gasteiger partial charge in [-0.25, -0.2) is 0 Å². The Morgan fingerprint density at radius 2 is 1.84 bits per heavy atom. The molecule has 0 radical (unpaired) electrons. The van der Waals surface area contributed by atoms with E-state index in [9.17, 15) is 4.79 Å². The summed E-state index contributed by atoms with van der Waals surface area (Å²) in [6.07, 6.45) is 3.04. The number of benzene rings is 1. The van der Waals surface area contributed by atoms with Gasteiger partial charge in [-0.2, -0.15) is 4.73 Å². The Balaban J connectivity index is 2.07. The molecule has 0 amide bonds. The van der Waals surface area contributed by atoms with Gasteiger partial charge in [-0.15, -0.1) is 0 Å². The maximum Gasteiger partial charge on any atom is 0.223 e. The van der Waals surface area contributed by atoms with Crippen molar-refractivity contribution >= 4 is 0 Å². The molecule has 0 aliphatic rings. The van der Waals surface area contributed by atoms with Crippen LogP contribution in [0.25, 0.3) is 0 Å². The summed E-state index contributed by atoms with van der Waals surface area (Å²) >= 11 is 0. The lowest BCUT2D eigenvalue weighted by atomic mass is 10.2. The van der Waals surface area contributed by atoms with E-state index in [1.807, 2.05) is 24.3 Å². The molecule has 0 aliphatic carbocycles. The van der Waals surface area contributed by atoms with Crippen molar-refractivity contribution in [2.75, 3.05) is 14.2 Å². The fraction of sp³-hybridized carbons (Fsp3) is 0.214. The van der Waals surface area contributed by atoms with Crippen molar-refractivity contribution in [3.63, 3.8) is 0 Å². The predicted molar refractivity (Wildman–Crippen MR) is 70.5 cm³/mol. The minimum Gasteiger partial charge on any atom is -0.497 e. The van der Waals surface area contributed by atoms with Gasteiger partial charge in [-0.3, -0.25) is 4.79 Å². The third-order valence-electron chi connectivity index (χ3n) is 2.62. The Kier molecular flexibility index (Phi) is 4.07. The highest BCUT2D eigenvalue weighted by atomic mass is 16.6. The highest BCUT2D eigenvalue weighted by Crippen LogP contribution is 2.13. The number of methoxy groups -OCH3 is 1. The fourth-order valence-corrected chi connectivity index (χ4v) is 1.55. The third kappa shape index (κ3) is 3.28. The number of rotatable bonds is 5. The standard InChI is InChI=1S/C14H15NO4/c1-17-12-5-3-11(4-6-12)10-19-14-9-15(18-2)8-7-13(14)16/h3-9H,10H2,1-2H3. The highest BCUT2D eigenvalue weighted by Gasteiger charge is 2.02. The molecule has 0 saturated carbocycles. The molecule has 5 heteroatoms. The number of ether oxygens (including phenoxy) is 2. The average Bonchev–Trinajstić information content (AvgIpc) is 2.47. The SMILES string of the molecule is COc1ccc(COc2cn(OC)ccc2=O)cc1. The van der Waals surface area contributed by atoms with E-state index in [1.54, 1.807) is 7.11 Å². The molecule has 0 bridgehead atoms. The van der Waals surface area contributed by atoms with Gasteiger partial charge in [0.15, 0.2) is 5.75 Å². The lowest BCUT2D eigenvalue weighted by molar-refractivity contribution is 0.160. The Morgan fingerprint density at radius 3 is 2.47 bits per heavy atom. The van der Waals surface area contributed by atoms with Gasteiger partial charge in [0.05, 0.1) is 13.3 Å². The lowest BCUT2D eigenvalue weighted by Gasteiger charge is -2.09. The lowest BCUT2D eigenvalue weighted by Crippen LogP contribution is -2.13. The molecule has 1 aromatic heterocycles. The molecule has 2 aromatic rings. The largest absolute Gasteiger partial charge is 0.497 e. The van der Waals surface area contributed by atoms with Crippen LogP contribution in [-0.4, -0.2) is 19.0 Å². The highest BCUT2D eigenvalue weighted by molar-refractivity contribution is 5.27. The molecular formula is C14H15NO4. The number of aromatic nitrogens is 1. The van der Waals surface area contributed by atoms with Gasteiger partial charge in [0.2, 0.25) is 5.43 Å². The summed E-state index contributed by atoms with van der Waals surface area (Å²) in [7, 11) is 3.13. The Morgan fingerprint density at radius 1 is 1.11 bits per heavy atom. The van der Waals surface area contributed by atoms with Crippen molar-refractivity contribution in [3.05, 3.63) is 58.5 Å². The van der Waals surface area contributed by atoms with Crippen LogP contribution in [0.1, 0.15) is 5.56 Å². The van der Waals surface area contributed by atoms with Gasteiger partial charge in [0.25, 0.3) is 0 Å². The number of hydrogen-bond acceptors (Lipinski definition) is 4. The maximum absolute atomic E-state index is 11.6. The van der Waals surface area contributed by atoms with Gasteiger partial charge in [-0.1, -0.05) is 12.1 Å². The minimum atomic E-state index is -0.179. The molecule has 2 rings (SSSR count). The predicted octanol–water partition coefficient (Wildman–Crippen LogP) is 1.49. The zero-order valence-electron chi connectivity index (χ0n) is 10.8. The van der Waals surface area contributed by atoms with Crippen molar-refractivity contribution < 1.29 is 14.3 Å². The molecule has 5 nitrogen and oxygen atoms in total. The molecule has 0 N–H and O–H groups in total. The van der Waals surface area contributed by atoms with Crippen LogP contribution in [-0.2, 0) is 6.61 Å². The van der Waals surface area contributed by atoms with Crippen LogP contribution in [0.2, 0.25) is 0 Å². The molecule has 0 atom stereocenters. The van der Waals surface area contributed by atoms with Crippen molar-refractivity contribution in [1.29, 1.82) is 0 Å². The second-order valence-corrected chi connectivity index (χ2v) is 3.85. The van der Waals surface area contributed by atoms with Crippen molar-refractivity contribution in [3.8, 4) is 11.5 Å². The fourth-order valence-electron chi connectivity index (χ4n) is 1.55. The first kappa shape index (κ1) is 13.0.